The summed E-state index contributed by atoms with van der Waals surface area (Å²) in [4.78, 5) is 4.37. The fourth-order valence-corrected chi connectivity index (χ4v) is 2.32. The first kappa shape index (κ1) is 13.9. The molecule has 1 aliphatic carbocycles. The zero-order valence-electron chi connectivity index (χ0n) is 11.4. The van der Waals surface area contributed by atoms with E-state index in [0.29, 0.717) is 24.0 Å². The van der Waals surface area contributed by atoms with Crippen LogP contribution in [0.15, 0.2) is 12.1 Å². The Labute approximate surface area is 114 Å². The van der Waals surface area contributed by atoms with Gasteiger partial charge in [0, 0.05) is 0 Å². The van der Waals surface area contributed by atoms with E-state index in [1.165, 1.54) is 0 Å². The first-order valence-electron chi connectivity index (χ1n) is 7.04. The van der Waals surface area contributed by atoms with Crippen LogP contribution in [0.25, 0.3) is 0 Å². The van der Waals surface area contributed by atoms with Gasteiger partial charge in [-0.1, -0.05) is 19.8 Å². The highest BCUT2D eigenvalue weighted by Crippen LogP contribution is 2.25. The largest absolute Gasteiger partial charge is 0.476 e. The maximum absolute atomic E-state index is 9.95. The molecule has 1 aromatic heterocycles. The van der Waals surface area contributed by atoms with Gasteiger partial charge in [0.2, 0.25) is 5.88 Å². The van der Waals surface area contributed by atoms with Crippen LogP contribution in [0.4, 0.5) is 11.5 Å². The summed E-state index contributed by atoms with van der Waals surface area (Å²) in [7, 11) is 0. The molecule has 0 bridgehead atoms. The van der Waals surface area contributed by atoms with E-state index in [2.05, 4.69) is 10.3 Å². The van der Waals surface area contributed by atoms with Crippen molar-refractivity contribution in [3.63, 3.8) is 0 Å². The van der Waals surface area contributed by atoms with Gasteiger partial charge in [0.05, 0.1) is 24.4 Å². The Morgan fingerprint density at radius 1 is 1.42 bits per heavy atom. The zero-order valence-corrected chi connectivity index (χ0v) is 11.4. The number of ether oxygens (including phenoxy) is 1. The molecule has 2 atom stereocenters. The van der Waals surface area contributed by atoms with Crippen LogP contribution in [-0.4, -0.2) is 28.8 Å². The second-order valence-electron chi connectivity index (χ2n) is 5.04. The van der Waals surface area contributed by atoms with Crippen molar-refractivity contribution in [2.45, 2.75) is 51.2 Å². The average molecular weight is 265 g/mol. The minimum Gasteiger partial charge on any atom is -0.476 e. The third-order valence-electron chi connectivity index (χ3n) is 3.40. The Morgan fingerprint density at radius 2 is 2.21 bits per heavy atom. The van der Waals surface area contributed by atoms with Crippen LogP contribution >= 0.6 is 0 Å². The highest BCUT2D eigenvalue weighted by Gasteiger charge is 2.23. The summed E-state index contributed by atoms with van der Waals surface area (Å²) in [5, 5.41) is 13.2. The van der Waals surface area contributed by atoms with E-state index < -0.39 is 0 Å². The highest BCUT2D eigenvalue weighted by atomic mass is 16.5. The van der Waals surface area contributed by atoms with Gasteiger partial charge in [-0.05, 0) is 31.4 Å². The first-order chi connectivity index (χ1) is 9.20. The molecule has 106 valence electrons. The maximum atomic E-state index is 9.95. The van der Waals surface area contributed by atoms with Crippen LogP contribution in [0.3, 0.4) is 0 Å². The Morgan fingerprint density at radius 3 is 2.95 bits per heavy atom. The molecule has 5 heteroatoms. The molecule has 19 heavy (non-hydrogen) atoms. The summed E-state index contributed by atoms with van der Waals surface area (Å²) >= 11 is 0. The van der Waals surface area contributed by atoms with Gasteiger partial charge in [0.25, 0.3) is 0 Å². The Bertz CT molecular complexity index is 412. The Balaban J connectivity index is 2.03. The van der Waals surface area contributed by atoms with Gasteiger partial charge in [-0.3, -0.25) is 0 Å². The minimum absolute atomic E-state index is 0.0731. The molecule has 0 aliphatic heterocycles. The zero-order chi connectivity index (χ0) is 13.7. The molecule has 0 saturated heterocycles. The molecular weight excluding hydrogens is 242 g/mol. The molecule has 1 aliphatic rings. The Kier molecular flexibility index (Phi) is 4.85. The molecule has 1 saturated carbocycles. The van der Waals surface area contributed by atoms with Crippen LogP contribution in [0, 0.1) is 0 Å². The first-order valence-corrected chi connectivity index (χ1v) is 7.04. The van der Waals surface area contributed by atoms with Crippen molar-refractivity contribution in [2.75, 3.05) is 17.7 Å². The lowest BCUT2D eigenvalue weighted by Gasteiger charge is -2.28. The quantitative estimate of drug-likeness (QED) is 0.760. The molecule has 2 unspecified atom stereocenters. The normalized spacial score (nSPS) is 23.1. The van der Waals surface area contributed by atoms with Gasteiger partial charge in [-0.2, -0.15) is 4.98 Å². The molecular formula is C14H23N3O2. The van der Waals surface area contributed by atoms with Gasteiger partial charge in [-0.25, -0.2) is 0 Å². The van der Waals surface area contributed by atoms with Gasteiger partial charge < -0.3 is 20.9 Å². The van der Waals surface area contributed by atoms with Gasteiger partial charge in [0.1, 0.15) is 5.82 Å². The second kappa shape index (κ2) is 6.61. The van der Waals surface area contributed by atoms with Crippen molar-refractivity contribution in [3.05, 3.63) is 12.1 Å². The number of aromatic nitrogens is 1. The number of nitrogen functional groups attached to an aromatic ring is 1. The number of rotatable bonds is 5. The predicted molar refractivity (Wildman–Crippen MR) is 76.3 cm³/mol. The summed E-state index contributed by atoms with van der Waals surface area (Å²) in [6.45, 7) is 2.64. The van der Waals surface area contributed by atoms with Crippen molar-refractivity contribution in [1.29, 1.82) is 0 Å². The number of aliphatic hydroxyl groups is 1. The van der Waals surface area contributed by atoms with E-state index in [-0.39, 0.29) is 12.1 Å². The number of anilines is 2. The van der Waals surface area contributed by atoms with Crippen molar-refractivity contribution in [1.82, 2.24) is 4.98 Å². The average Bonchev–Trinajstić information content (AvgIpc) is 2.42. The van der Waals surface area contributed by atoms with Gasteiger partial charge >= 0.3 is 0 Å². The highest BCUT2D eigenvalue weighted by molar-refractivity contribution is 5.53. The minimum atomic E-state index is -0.298. The van der Waals surface area contributed by atoms with Crippen LogP contribution in [0.2, 0.25) is 0 Å². The standard InChI is InChI=1S/C14H23N3O2/c1-2-9-19-14-10(15)7-8-13(17-14)16-11-5-3-4-6-12(11)18/h7-8,11-12,18H,2-6,9,15H2,1H3,(H,16,17). The summed E-state index contributed by atoms with van der Waals surface area (Å²) in [6.07, 6.45) is 4.68. The van der Waals surface area contributed by atoms with E-state index in [9.17, 15) is 5.11 Å². The molecule has 1 fully saturated rings. The van der Waals surface area contributed by atoms with Crippen molar-refractivity contribution < 1.29 is 9.84 Å². The maximum Gasteiger partial charge on any atom is 0.239 e. The fourth-order valence-electron chi connectivity index (χ4n) is 2.32. The van der Waals surface area contributed by atoms with E-state index in [1.54, 1.807) is 6.07 Å². The third kappa shape index (κ3) is 3.73. The smallest absolute Gasteiger partial charge is 0.239 e. The van der Waals surface area contributed by atoms with Crippen LogP contribution in [0.1, 0.15) is 39.0 Å². The summed E-state index contributed by atoms with van der Waals surface area (Å²) in [5.41, 5.74) is 6.37. The molecule has 0 aromatic carbocycles. The molecule has 1 heterocycles. The number of nitrogens with two attached hydrogens (primary N) is 1. The Hall–Kier alpha value is -1.49. The van der Waals surface area contributed by atoms with E-state index in [0.717, 1.165) is 32.1 Å². The lowest BCUT2D eigenvalue weighted by atomic mass is 9.92. The number of nitrogens with one attached hydrogen (secondary N) is 1. The predicted octanol–water partition coefficient (Wildman–Crippen LogP) is 2.17. The summed E-state index contributed by atoms with van der Waals surface area (Å²) in [6, 6.07) is 3.69. The fraction of sp³-hybridized carbons (Fsp3) is 0.643. The van der Waals surface area contributed by atoms with Crippen LogP contribution in [0.5, 0.6) is 5.88 Å². The van der Waals surface area contributed by atoms with E-state index in [4.69, 9.17) is 10.5 Å². The number of aliphatic hydroxyl groups excluding tert-OH is 1. The molecule has 2 rings (SSSR count). The van der Waals surface area contributed by atoms with E-state index >= 15 is 0 Å². The molecule has 1 aromatic rings. The lowest BCUT2D eigenvalue weighted by Crippen LogP contribution is -2.36. The lowest BCUT2D eigenvalue weighted by molar-refractivity contribution is 0.116. The van der Waals surface area contributed by atoms with Gasteiger partial charge in [-0.15, -0.1) is 0 Å². The van der Waals surface area contributed by atoms with E-state index in [1.807, 2.05) is 13.0 Å². The van der Waals surface area contributed by atoms with Crippen molar-refractivity contribution in [2.24, 2.45) is 0 Å². The van der Waals surface area contributed by atoms with Crippen molar-refractivity contribution >= 4 is 11.5 Å². The van der Waals surface area contributed by atoms with Crippen LogP contribution in [-0.2, 0) is 0 Å². The summed E-state index contributed by atoms with van der Waals surface area (Å²) in [5.74, 6) is 1.18. The second-order valence-corrected chi connectivity index (χ2v) is 5.04. The van der Waals surface area contributed by atoms with Crippen LogP contribution < -0.4 is 15.8 Å². The molecule has 5 nitrogen and oxygen atoms in total. The van der Waals surface area contributed by atoms with Crippen molar-refractivity contribution in [3.8, 4) is 5.88 Å². The number of nitrogens with zero attached hydrogens (tertiary/aromatic N) is 1. The molecule has 0 spiro atoms. The molecule has 0 radical (unpaired) electrons. The topological polar surface area (TPSA) is 80.4 Å². The summed E-state index contributed by atoms with van der Waals surface area (Å²) < 4.78 is 5.50. The number of hydrogen-bond acceptors (Lipinski definition) is 5. The monoisotopic (exact) mass is 265 g/mol. The number of pyridine rings is 1. The third-order valence-corrected chi connectivity index (χ3v) is 3.40. The van der Waals surface area contributed by atoms with Gasteiger partial charge in [0.15, 0.2) is 0 Å². The molecule has 0 amide bonds. The molecule has 4 N–H and O–H groups in total. The number of hydrogen-bond donors (Lipinski definition) is 3. The SMILES string of the molecule is CCCOc1nc(NC2CCCCC2O)ccc1N.